The van der Waals surface area contributed by atoms with E-state index in [1.165, 1.54) is 23.1 Å². The van der Waals surface area contributed by atoms with E-state index < -0.39 is 29.3 Å². The number of urea groups is 1. The van der Waals surface area contributed by atoms with E-state index >= 15 is 0 Å². The summed E-state index contributed by atoms with van der Waals surface area (Å²) in [6.07, 6.45) is 0. The van der Waals surface area contributed by atoms with Crippen molar-refractivity contribution >= 4 is 46.7 Å². The Morgan fingerprint density at radius 3 is 2.38 bits per heavy atom. The van der Waals surface area contributed by atoms with Crippen molar-refractivity contribution in [3.8, 4) is 6.07 Å². The summed E-state index contributed by atoms with van der Waals surface area (Å²) in [7, 11) is 1.57. The van der Waals surface area contributed by atoms with E-state index in [0.717, 1.165) is 10.5 Å². The topological polar surface area (TPSA) is 111 Å². The van der Waals surface area contributed by atoms with Gasteiger partial charge in [0.05, 0.1) is 23.9 Å². The summed E-state index contributed by atoms with van der Waals surface area (Å²) in [5.74, 6) is -1.42. The molecule has 2 N–H and O–H groups in total. The number of carbonyl (C=O) groups excluding carboxylic acids is 3. The van der Waals surface area contributed by atoms with Crippen molar-refractivity contribution in [1.82, 2.24) is 9.80 Å². The molecular weight excluding hydrogens is 453 g/mol. The molecule has 2 saturated heterocycles. The van der Waals surface area contributed by atoms with Crippen molar-refractivity contribution in [1.29, 1.82) is 5.26 Å². The fraction of sp³-hybridized carbons (Fsp3) is 0.273. The number of amides is 4. The highest BCUT2D eigenvalue weighted by molar-refractivity contribution is 6.35. The van der Waals surface area contributed by atoms with Crippen LogP contribution in [0.1, 0.15) is 17.0 Å². The maximum Gasteiger partial charge on any atom is 0.332 e. The highest BCUT2D eigenvalue weighted by Crippen LogP contribution is 2.46. The molecule has 0 unspecified atom stereocenters. The second-order valence-corrected chi connectivity index (χ2v) is 8.83. The van der Waals surface area contributed by atoms with Gasteiger partial charge in [-0.15, -0.1) is 0 Å². The second kappa shape index (κ2) is 8.10. The Kier molecular flexibility index (Phi) is 5.59. The molecule has 2 heterocycles. The summed E-state index contributed by atoms with van der Waals surface area (Å²) >= 11 is 12.2. The van der Waals surface area contributed by atoms with Gasteiger partial charge in [0.15, 0.2) is 0 Å². The van der Waals surface area contributed by atoms with Gasteiger partial charge >= 0.3 is 6.03 Å². The van der Waals surface area contributed by atoms with Crippen LogP contribution in [0.4, 0.5) is 10.5 Å². The largest absolute Gasteiger partial charge is 0.369 e. The second-order valence-electron chi connectivity index (χ2n) is 7.96. The Balaban J connectivity index is 1.82. The van der Waals surface area contributed by atoms with Crippen LogP contribution in [-0.4, -0.2) is 59.9 Å². The number of primary amides is 1. The minimum Gasteiger partial charge on any atom is -0.369 e. The van der Waals surface area contributed by atoms with Gasteiger partial charge in [0, 0.05) is 36.1 Å². The maximum atomic E-state index is 13.9. The third-order valence-corrected chi connectivity index (χ3v) is 6.50. The summed E-state index contributed by atoms with van der Waals surface area (Å²) in [5.41, 5.74) is 5.66. The predicted molar refractivity (Wildman–Crippen MR) is 119 cm³/mol. The average Bonchev–Trinajstić information content (AvgIpc) is 3.19. The fourth-order valence-electron chi connectivity index (χ4n) is 4.63. The van der Waals surface area contributed by atoms with Crippen molar-refractivity contribution in [3.63, 3.8) is 0 Å². The molecule has 8 nitrogen and oxygen atoms in total. The van der Waals surface area contributed by atoms with Crippen LogP contribution in [-0.2, 0) is 9.59 Å². The molecule has 4 rings (SSSR count). The number of benzene rings is 2. The lowest BCUT2D eigenvalue weighted by molar-refractivity contribution is -0.125. The maximum absolute atomic E-state index is 13.9. The molecule has 0 aliphatic carbocycles. The van der Waals surface area contributed by atoms with E-state index in [0.29, 0.717) is 22.2 Å². The van der Waals surface area contributed by atoms with E-state index in [1.54, 1.807) is 36.2 Å². The number of halogens is 2. The van der Waals surface area contributed by atoms with Crippen molar-refractivity contribution in [2.45, 2.75) is 11.5 Å². The first kappa shape index (κ1) is 22.1. The van der Waals surface area contributed by atoms with Gasteiger partial charge < -0.3 is 10.6 Å². The molecule has 32 heavy (non-hydrogen) atoms. The Hall–Kier alpha value is -3.12. The number of nitrogens with two attached hydrogens (primary N) is 1. The molecule has 2 aromatic rings. The molecule has 2 aliphatic rings. The van der Waals surface area contributed by atoms with Crippen LogP contribution in [0.2, 0.25) is 10.0 Å². The third-order valence-electron chi connectivity index (χ3n) is 6.06. The summed E-state index contributed by atoms with van der Waals surface area (Å²) in [6, 6.07) is 12.9. The highest BCUT2D eigenvalue weighted by Gasteiger charge is 2.64. The van der Waals surface area contributed by atoms with E-state index in [9.17, 15) is 14.4 Å². The first-order valence-corrected chi connectivity index (χ1v) is 10.5. The average molecular weight is 472 g/mol. The van der Waals surface area contributed by atoms with Gasteiger partial charge in [0.25, 0.3) is 5.91 Å². The Morgan fingerprint density at radius 1 is 1.19 bits per heavy atom. The molecule has 4 amide bonds. The molecule has 0 saturated carbocycles. The molecule has 2 atom stereocenters. The smallest absolute Gasteiger partial charge is 0.332 e. The number of hydrogen-bond acceptors (Lipinski definition) is 5. The SMILES string of the molecule is CN1C(=O)N(c2cc(Cl)cc(Cl)c2)C(=O)[C@]12CN(CC(N)=O)C[C@H]2c1ccc(C#N)cc1. The lowest BCUT2D eigenvalue weighted by Gasteiger charge is -2.34. The van der Waals surface area contributed by atoms with Crippen LogP contribution in [0.15, 0.2) is 42.5 Å². The van der Waals surface area contributed by atoms with E-state index in [4.69, 9.17) is 34.2 Å². The summed E-state index contributed by atoms with van der Waals surface area (Å²) in [5, 5.41) is 9.71. The standard InChI is InChI=1S/C22H19Cl2N5O3/c1-27-21(32)29(17-7-15(23)6-16(24)8-17)20(31)22(27)12-28(11-19(26)30)10-18(22)14-4-2-13(9-25)3-5-14/h2-8,18H,10-12H2,1H3,(H2,26,30)/t18-,22+/m0/s1. The van der Waals surface area contributed by atoms with Gasteiger partial charge in [-0.1, -0.05) is 35.3 Å². The van der Waals surface area contributed by atoms with Crippen molar-refractivity contribution < 1.29 is 14.4 Å². The predicted octanol–water partition coefficient (Wildman–Crippen LogP) is 2.59. The fourth-order valence-corrected chi connectivity index (χ4v) is 5.15. The van der Waals surface area contributed by atoms with Gasteiger partial charge in [-0.3, -0.25) is 14.5 Å². The number of nitrogens with zero attached hydrogens (tertiary/aromatic N) is 4. The van der Waals surface area contributed by atoms with Crippen LogP contribution < -0.4 is 10.6 Å². The lowest BCUT2D eigenvalue weighted by Crippen LogP contribution is -2.54. The zero-order valence-corrected chi connectivity index (χ0v) is 18.6. The van der Waals surface area contributed by atoms with E-state index in [2.05, 4.69) is 6.07 Å². The number of likely N-dealkylation sites (tertiary alicyclic amines) is 1. The Morgan fingerprint density at radius 2 is 1.81 bits per heavy atom. The molecule has 2 aliphatic heterocycles. The van der Waals surface area contributed by atoms with Crippen LogP contribution >= 0.6 is 23.2 Å². The quantitative estimate of drug-likeness (QED) is 0.688. The molecule has 2 aromatic carbocycles. The highest BCUT2D eigenvalue weighted by atomic mass is 35.5. The number of anilines is 1. The Bertz CT molecular complexity index is 1140. The van der Waals surface area contributed by atoms with Gasteiger partial charge in [0.2, 0.25) is 5.91 Å². The number of carbonyl (C=O) groups is 3. The van der Waals surface area contributed by atoms with E-state index in [1.807, 2.05) is 0 Å². The van der Waals surface area contributed by atoms with Gasteiger partial charge in [-0.05, 0) is 35.9 Å². The third kappa shape index (κ3) is 3.48. The number of hydrogen-bond donors (Lipinski definition) is 1. The van der Waals surface area contributed by atoms with Gasteiger partial charge in [-0.2, -0.15) is 5.26 Å². The molecular formula is C22H19Cl2N5O3. The van der Waals surface area contributed by atoms with Gasteiger partial charge in [-0.25, -0.2) is 9.69 Å². The normalized spacial score (nSPS) is 23.2. The number of likely N-dealkylation sites (N-methyl/N-ethyl adjacent to an activating group) is 1. The number of imide groups is 1. The Labute approximate surface area is 194 Å². The molecule has 10 heteroatoms. The molecule has 1 spiro atoms. The van der Waals surface area contributed by atoms with Crippen LogP contribution in [0.5, 0.6) is 0 Å². The van der Waals surface area contributed by atoms with E-state index in [-0.39, 0.29) is 18.8 Å². The number of nitriles is 1. The van der Waals surface area contributed by atoms with Gasteiger partial charge in [0.1, 0.15) is 5.54 Å². The first-order valence-electron chi connectivity index (χ1n) is 9.76. The summed E-state index contributed by atoms with van der Waals surface area (Å²) in [6.45, 7) is 0.418. The molecule has 2 fully saturated rings. The molecule has 0 bridgehead atoms. The molecule has 0 aromatic heterocycles. The minimum atomic E-state index is -1.27. The van der Waals surface area contributed by atoms with Crippen molar-refractivity contribution in [2.24, 2.45) is 5.73 Å². The number of rotatable bonds is 4. The monoisotopic (exact) mass is 471 g/mol. The molecule has 164 valence electrons. The molecule has 0 radical (unpaired) electrons. The summed E-state index contributed by atoms with van der Waals surface area (Å²) < 4.78 is 0. The van der Waals surface area contributed by atoms with Crippen molar-refractivity contribution in [3.05, 3.63) is 63.6 Å². The summed E-state index contributed by atoms with van der Waals surface area (Å²) in [4.78, 5) is 43.1. The zero-order chi connectivity index (χ0) is 23.2. The van der Waals surface area contributed by atoms with Crippen LogP contribution in [0.3, 0.4) is 0 Å². The lowest BCUT2D eigenvalue weighted by atomic mass is 9.80. The zero-order valence-electron chi connectivity index (χ0n) is 17.1. The van der Waals surface area contributed by atoms with Crippen LogP contribution in [0, 0.1) is 11.3 Å². The van der Waals surface area contributed by atoms with Crippen molar-refractivity contribution in [2.75, 3.05) is 31.6 Å². The minimum absolute atomic E-state index is 0.0488. The first-order chi connectivity index (χ1) is 15.2. The van der Waals surface area contributed by atoms with Crippen LogP contribution in [0.25, 0.3) is 0 Å².